The highest BCUT2D eigenvalue weighted by atomic mass is 16.5. The van der Waals surface area contributed by atoms with Crippen LogP contribution in [-0.4, -0.2) is 33.8 Å². The van der Waals surface area contributed by atoms with Crippen molar-refractivity contribution in [1.29, 1.82) is 0 Å². The number of hydrogen-bond acceptors (Lipinski definition) is 3. The molecule has 1 aliphatic carbocycles. The third-order valence-electron chi connectivity index (χ3n) is 3.11. The van der Waals surface area contributed by atoms with Crippen LogP contribution in [0.3, 0.4) is 0 Å². The summed E-state index contributed by atoms with van der Waals surface area (Å²) in [5.41, 5.74) is 7.24. The second-order valence-corrected chi connectivity index (χ2v) is 4.38. The van der Waals surface area contributed by atoms with Gasteiger partial charge in [0.15, 0.2) is 5.60 Å². The molecule has 0 spiro atoms. The van der Waals surface area contributed by atoms with E-state index in [-0.39, 0.29) is 12.3 Å². The molecule has 0 bridgehead atoms. The van der Waals surface area contributed by atoms with Crippen LogP contribution in [0.1, 0.15) is 39.5 Å². The summed E-state index contributed by atoms with van der Waals surface area (Å²) in [5.74, 6) is -0.204. The molecule has 90 valence electrons. The predicted molar refractivity (Wildman–Crippen MR) is 57.8 cm³/mol. The summed E-state index contributed by atoms with van der Waals surface area (Å²) in [4.78, 5) is 14.4. The molecule has 16 heavy (non-hydrogen) atoms. The Bertz CT molecular complexity index is 313. The van der Waals surface area contributed by atoms with Crippen molar-refractivity contribution in [3.05, 3.63) is 5.53 Å². The fraction of sp³-hybridized carbons (Fsp3) is 0.818. The molecule has 0 amide bonds. The maximum Gasteiger partial charge on any atom is 0.420 e. The standard InChI is InChI=1S/C11H18N2O3/c1-3-16-10(14)9(13-12)11(15)6-4-8(2)5-7-11/h8,15H,3-7H2,1-2H3. The van der Waals surface area contributed by atoms with E-state index in [0.29, 0.717) is 18.8 Å². The average molecular weight is 226 g/mol. The van der Waals surface area contributed by atoms with Crippen LogP contribution in [0.2, 0.25) is 0 Å². The maximum atomic E-state index is 11.5. The van der Waals surface area contributed by atoms with Gasteiger partial charge in [-0.3, -0.25) is 0 Å². The molecule has 0 aromatic heterocycles. The summed E-state index contributed by atoms with van der Waals surface area (Å²) >= 11 is 0. The molecule has 0 atom stereocenters. The molecule has 5 nitrogen and oxygen atoms in total. The van der Waals surface area contributed by atoms with Gasteiger partial charge in [-0.05, 0) is 38.5 Å². The first-order valence-corrected chi connectivity index (χ1v) is 5.65. The Morgan fingerprint density at radius 3 is 2.56 bits per heavy atom. The zero-order chi connectivity index (χ0) is 12.2. The van der Waals surface area contributed by atoms with E-state index in [0.717, 1.165) is 12.8 Å². The summed E-state index contributed by atoms with van der Waals surface area (Å²) in [6, 6.07) is 0. The van der Waals surface area contributed by atoms with Crippen LogP contribution in [-0.2, 0) is 9.53 Å². The molecule has 1 fully saturated rings. The second kappa shape index (κ2) is 5.23. The molecule has 1 rings (SSSR count). The fourth-order valence-electron chi connectivity index (χ4n) is 2.00. The van der Waals surface area contributed by atoms with Crippen molar-refractivity contribution in [3.63, 3.8) is 0 Å². The monoisotopic (exact) mass is 226 g/mol. The van der Waals surface area contributed by atoms with E-state index in [2.05, 4.69) is 11.7 Å². The van der Waals surface area contributed by atoms with Crippen molar-refractivity contribution in [1.82, 2.24) is 0 Å². The molecule has 1 N–H and O–H groups in total. The lowest BCUT2D eigenvalue weighted by atomic mass is 9.77. The average Bonchev–Trinajstić information content (AvgIpc) is 2.24. The minimum absolute atomic E-state index is 0.199. The molecule has 5 heteroatoms. The van der Waals surface area contributed by atoms with Crippen molar-refractivity contribution in [2.75, 3.05) is 6.61 Å². The Morgan fingerprint density at radius 1 is 1.56 bits per heavy atom. The highest BCUT2D eigenvalue weighted by molar-refractivity contribution is 6.37. The minimum atomic E-state index is -1.33. The second-order valence-electron chi connectivity index (χ2n) is 4.38. The molecule has 0 aliphatic heterocycles. The topological polar surface area (TPSA) is 82.9 Å². The van der Waals surface area contributed by atoms with Crippen molar-refractivity contribution < 1.29 is 19.4 Å². The van der Waals surface area contributed by atoms with Crippen molar-refractivity contribution in [2.45, 2.75) is 45.1 Å². The summed E-state index contributed by atoms with van der Waals surface area (Å²) in [7, 11) is 0. The van der Waals surface area contributed by atoms with E-state index in [9.17, 15) is 9.90 Å². The molecular formula is C11H18N2O3. The van der Waals surface area contributed by atoms with E-state index in [1.165, 1.54) is 0 Å². The maximum absolute atomic E-state index is 11.5. The van der Waals surface area contributed by atoms with Crippen molar-refractivity contribution >= 4 is 11.7 Å². The summed E-state index contributed by atoms with van der Waals surface area (Å²) in [6.45, 7) is 3.96. The Balaban J connectivity index is 2.80. The Labute approximate surface area is 95.0 Å². The Kier molecular flexibility index (Phi) is 4.21. The lowest BCUT2D eigenvalue weighted by molar-refractivity contribution is -0.144. The van der Waals surface area contributed by atoms with Crippen LogP contribution in [0, 0.1) is 5.92 Å². The van der Waals surface area contributed by atoms with Gasteiger partial charge in [0.1, 0.15) is 0 Å². The normalized spacial score (nSPS) is 29.3. The molecule has 0 saturated heterocycles. The first kappa shape index (κ1) is 12.9. The van der Waals surface area contributed by atoms with Crippen LogP contribution in [0.25, 0.3) is 5.53 Å². The van der Waals surface area contributed by atoms with Gasteiger partial charge in [-0.25, -0.2) is 4.79 Å². The first-order chi connectivity index (χ1) is 7.53. The molecule has 0 heterocycles. The van der Waals surface area contributed by atoms with Crippen molar-refractivity contribution in [2.24, 2.45) is 5.92 Å². The molecule has 0 radical (unpaired) electrons. The summed E-state index contributed by atoms with van der Waals surface area (Å²) < 4.78 is 4.75. The quantitative estimate of drug-likeness (QED) is 0.339. The van der Waals surface area contributed by atoms with E-state index < -0.39 is 11.6 Å². The van der Waals surface area contributed by atoms with Crippen LogP contribution in [0.15, 0.2) is 0 Å². The predicted octanol–water partition coefficient (Wildman–Crippen LogP) is 1.16. The van der Waals surface area contributed by atoms with Crippen LogP contribution < -0.4 is 0 Å². The van der Waals surface area contributed by atoms with E-state index in [1.54, 1.807) is 6.92 Å². The summed E-state index contributed by atoms with van der Waals surface area (Å²) in [6.07, 6.45) is 2.50. The van der Waals surface area contributed by atoms with E-state index >= 15 is 0 Å². The number of aliphatic hydroxyl groups is 1. The molecule has 1 saturated carbocycles. The van der Waals surface area contributed by atoms with Crippen LogP contribution in [0.4, 0.5) is 0 Å². The number of carbonyl (C=O) groups is 1. The number of rotatable bonds is 3. The van der Waals surface area contributed by atoms with Gasteiger partial charge in [0, 0.05) is 0 Å². The Morgan fingerprint density at radius 2 is 2.12 bits per heavy atom. The molecule has 0 aromatic rings. The van der Waals surface area contributed by atoms with Crippen LogP contribution in [0.5, 0.6) is 0 Å². The van der Waals surface area contributed by atoms with Gasteiger partial charge in [0.05, 0.1) is 6.61 Å². The van der Waals surface area contributed by atoms with Gasteiger partial charge >= 0.3 is 11.7 Å². The third-order valence-corrected chi connectivity index (χ3v) is 3.11. The number of hydrogen-bond donors (Lipinski definition) is 1. The lowest BCUT2D eigenvalue weighted by Crippen LogP contribution is -2.47. The number of esters is 1. The van der Waals surface area contributed by atoms with E-state index in [1.807, 2.05) is 0 Å². The number of carbonyl (C=O) groups excluding carboxylic acids is 1. The lowest BCUT2D eigenvalue weighted by Gasteiger charge is -2.30. The molecular weight excluding hydrogens is 208 g/mol. The van der Waals surface area contributed by atoms with Gasteiger partial charge in [0.25, 0.3) is 0 Å². The highest BCUT2D eigenvalue weighted by Crippen LogP contribution is 2.32. The summed E-state index contributed by atoms with van der Waals surface area (Å²) in [5, 5.41) is 10.3. The molecule has 0 aromatic carbocycles. The van der Waals surface area contributed by atoms with Gasteiger partial charge in [-0.2, -0.15) is 4.79 Å². The smallest absolute Gasteiger partial charge is 0.420 e. The fourth-order valence-corrected chi connectivity index (χ4v) is 2.00. The Hall–Kier alpha value is -1.19. The molecule has 0 unspecified atom stereocenters. The zero-order valence-corrected chi connectivity index (χ0v) is 9.77. The highest BCUT2D eigenvalue weighted by Gasteiger charge is 2.47. The zero-order valence-electron chi connectivity index (χ0n) is 9.77. The van der Waals surface area contributed by atoms with Crippen molar-refractivity contribution in [3.8, 4) is 0 Å². The third kappa shape index (κ3) is 2.68. The molecule has 1 aliphatic rings. The first-order valence-electron chi connectivity index (χ1n) is 5.65. The van der Waals surface area contributed by atoms with E-state index in [4.69, 9.17) is 10.3 Å². The van der Waals surface area contributed by atoms with Crippen LogP contribution >= 0.6 is 0 Å². The number of nitrogens with zero attached hydrogens (tertiary/aromatic N) is 2. The van der Waals surface area contributed by atoms with Gasteiger partial charge in [-0.1, -0.05) is 6.92 Å². The SMILES string of the molecule is CCOC(=O)C(=[N+]=[N-])C1(O)CCC(C)CC1. The number of ether oxygens (including phenoxy) is 1. The minimum Gasteiger partial charge on any atom is -0.457 e. The van der Waals surface area contributed by atoms with Gasteiger partial charge < -0.3 is 15.4 Å². The van der Waals surface area contributed by atoms with Gasteiger partial charge in [-0.15, -0.1) is 0 Å². The largest absolute Gasteiger partial charge is 0.457 e. The van der Waals surface area contributed by atoms with Gasteiger partial charge in [0.2, 0.25) is 0 Å².